The van der Waals surface area contributed by atoms with Crippen molar-refractivity contribution in [3.8, 4) is 0 Å². The van der Waals surface area contributed by atoms with Gasteiger partial charge in [-0.3, -0.25) is 4.79 Å². The Kier molecular flexibility index (Phi) is 6.37. The van der Waals surface area contributed by atoms with Crippen LogP contribution in [0, 0.1) is 0 Å². The number of nitrogens with zero attached hydrogens (tertiary/aromatic N) is 1. The number of allylic oxidation sites excluding steroid dienone is 3. The maximum absolute atomic E-state index is 10.8. The minimum Gasteiger partial charge on any atom is -0.342 e. The zero-order valence-corrected chi connectivity index (χ0v) is 11.5. The Hall–Kier alpha value is -2.09. The van der Waals surface area contributed by atoms with E-state index in [-0.39, 0.29) is 0 Å². The Morgan fingerprint density at radius 1 is 1.26 bits per heavy atom. The van der Waals surface area contributed by atoms with Gasteiger partial charge in [-0.15, -0.1) is 6.58 Å². The first-order chi connectivity index (χ1) is 9.22. The maximum Gasteiger partial charge on any atom is 0.145 e. The molecule has 1 aromatic rings. The third kappa shape index (κ3) is 4.59. The van der Waals surface area contributed by atoms with E-state index in [4.69, 9.17) is 0 Å². The fraction of sp³-hybridized carbons (Fsp3) is 0.235. The van der Waals surface area contributed by atoms with Gasteiger partial charge in [0.25, 0.3) is 0 Å². The van der Waals surface area contributed by atoms with E-state index in [1.54, 1.807) is 0 Å². The molecule has 0 heterocycles. The molecular formula is C17H21NO. The van der Waals surface area contributed by atoms with E-state index in [0.717, 1.165) is 42.6 Å². The fourth-order valence-corrected chi connectivity index (χ4v) is 1.85. The number of rotatable bonds is 8. The highest BCUT2D eigenvalue weighted by Gasteiger charge is 2.08. The predicted octanol–water partition coefficient (Wildman–Crippen LogP) is 4.12. The van der Waals surface area contributed by atoms with Crippen LogP contribution in [-0.4, -0.2) is 12.8 Å². The van der Waals surface area contributed by atoms with Crippen LogP contribution in [0.3, 0.4) is 0 Å². The van der Waals surface area contributed by atoms with Crippen molar-refractivity contribution in [2.75, 3.05) is 11.4 Å². The number of anilines is 1. The first kappa shape index (κ1) is 15.0. The van der Waals surface area contributed by atoms with Gasteiger partial charge in [-0.25, -0.2) is 0 Å². The van der Waals surface area contributed by atoms with Crippen LogP contribution in [0.2, 0.25) is 0 Å². The van der Waals surface area contributed by atoms with Gasteiger partial charge >= 0.3 is 0 Å². The fourth-order valence-electron chi connectivity index (χ4n) is 1.85. The molecule has 0 amide bonds. The van der Waals surface area contributed by atoms with E-state index in [9.17, 15) is 4.79 Å². The first-order valence-corrected chi connectivity index (χ1v) is 6.44. The molecule has 0 unspecified atom stereocenters. The van der Waals surface area contributed by atoms with E-state index < -0.39 is 0 Å². The van der Waals surface area contributed by atoms with Crippen LogP contribution in [-0.2, 0) is 4.79 Å². The van der Waals surface area contributed by atoms with E-state index in [1.165, 1.54) is 0 Å². The summed E-state index contributed by atoms with van der Waals surface area (Å²) >= 11 is 0. The summed E-state index contributed by atoms with van der Waals surface area (Å²) in [6.45, 7) is 10.5. The number of para-hydroxylation sites is 1. The Morgan fingerprint density at radius 2 is 1.95 bits per heavy atom. The Morgan fingerprint density at radius 3 is 2.47 bits per heavy atom. The van der Waals surface area contributed by atoms with Crippen LogP contribution in [0.1, 0.15) is 19.8 Å². The number of carbonyl (C=O) groups excluding carboxylic acids is 1. The quantitative estimate of drug-likeness (QED) is 0.395. The number of hydrogen-bond donors (Lipinski definition) is 0. The standard InChI is InChI=1S/C17H21NO/c1-4-13-18(17-9-7-6-8-10-17)15(3)11-12-16(5-2)14-19/h4-10,14H,1,3,11-13H2,2H3/b16-5+. The van der Waals surface area contributed by atoms with Gasteiger partial charge in [-0.2, -0.15) is 0 Å². The molecule has 0 bridgehead atoms. The lowest BCUT2D eigenvalue weighted by Gasteiger charge is -2.25. The van der Waals surface area contributed by atoms with E-state index in [0.29, 0.717) is 0 Å². The summed E-state index contributed by atoms with van der Waals surface area (Å²) in [6, 6.07) is 10.1. The highest BCUT2D eigenvalue weighted by molar-refractivity contribution is 5.73. The molecular weight excluding hydrogens is 234 g/mol. The SMILES string of the molecule is C=CCN(C(=C)CC/C(C=O)=C\C)c1ccccc1. The minimum absolute atomic E-state index is 0.717. The van der Waals surface area contributed by atoms with Crippen molar-refractivity contribution in [2.45, 2.75) is 19.8 Å². The van der Waals surface area contributed by atoms with Crippen molar-refractivity contribution in [3.63, 3.8) is 0 Å². The van der Waals surface area contributed by atoms with Crippen molar-refractivity contribution in [1.29, 1.82) is 0 Å². The molecule has 0 saturated heterocycles. The molecule has 0 aliphatic carbocycles. The van der Waals surface area contributed by atoms with Crippen LogP contribution in [0.5, 0.6) is 0 Å². The van der Waals surface area contributed by atoms with Gasteiger partial charge in [0.2, 0.25) is 0 Å². The van der Waals surface area contributed by atoms with E-state index in [1.807, 2.05) is 49.4 Å². The molecule has 0 aliphatic heterocycles. The van der Waals surface area contributed by atoms with Gasteiger partial charge in [0.05, 0.1) is 0 Å². The lowest BCUT2D eigenvalue weighted by molar-refractivity contribution is -0.105. The zero-order valence-electron chi connectivity index (χ0n) is 11.5. The summed E-state index contributed by atoms with van der Waals surface area (Å²) in [4.78, 5) is 12.9. The molecule has 0 radical (unpaired) electrons. The Balaban J connectivity index is 2.74. The van der Waals surface area contributed by atoms with Crippen LogP contribution in [0.25, 0.3) is 0 Å². The number of aldehydes is 1. The molecule has 2 heteroatoms. The summed E-state index contributed by atoms with van der Waals surface area (Å²) in [5.74, 6) is 0. The topological polar surface area (TPSA) is 20.3 Å². The van der Waals surface area contributed by atoms with Crippen LogP contribution in [0.4, 0.5) is 5.69 Å². The molecule has 19 heavy (non-hydrogen) atoms. The van der Waals surface area contributed by atoms with Gasteiger partial charge in [0.15, 0.2) is 0 Å². The highest BCUT2D eigenvalue weighted by Crippen LogP contribution is 2.21. The van der Waals surface area contributed by atoms with Gasteiger partial charge in [-0.1, -0.05) is 36.9 Å². The van der Waals surface area contributed by atoms with Crippen LogP contribution in [0.15, 0.2) is 66.9 Å². The number of carbonyl (C=O) groups is 1. The largest absolute Gasteiger partial charge is 0.342 e. The predicted molar refractivity (Wildman–Crippen MR) is 82.2 cm³/mol. The molecule has 0 N–H and O–H groups in total. The average Bonchev–Trinajstić information content (AvgIpc) is 2.46. The second kappa shape index (κ2) is 8.09. The lowest BCUT2D eigenvalue weighted by Crippen LogP contribution is -2.21. The Labute approximate surface area is 115 Å². The summed E-state index contributed by atoms with van der Waals surface area (Å²) in [6.07, 6.45) is 6.10. The smallest absolute Gasteiger partial charge is 0.145 e. The molecule has 0 aliphatic rings. The molecule has 0 aromatic heterocycles. The van der Waals surface area contributed by atoms with Gasteiger partial charge < -0.3 is 4.90 Å². The lowest BCUT2D eigenvalue weighted by atomic mass is 10.1. The first-order valence-electron chi connectivity index (χ1n) is 6.44. The number of benzene rings is 1. The summed E-state index contributed by atoms with van der Waals surface area (Å²) < 4.78 is 0. The second-order valence-electron chi connectivity index (χ2n) is 4.28. The summed E-state index contributed by atoms with van der Waals surface area (Å²) in [5, 5.41) is 0. The highest BCUT2D eigenvalue weighted by atomic mass is 16.1. The normalized spacial score (nSPS) is 10.9. The molecule has 100 valence electrons. The second-order valence-corrected chi connectivity index (χ2v) is 4.28. The molecule has 0 spiro atoms. The van der Waals surface area contributed by atoms with Gasteiger partial charge in [-0.05, 0) is 37.5 Å². The Bertz CT molecular complexity index is 459. The third-order valence-electron chi connectivity index (χ3n) is 2.99. The molecule has 0 saturated carbocycles. The van der Waals surface area contributed by atoms with E-state index in [2.05, 4.69) is 18.1 Å². The van der Waals surface area contributed by atoms with Crippen molar-refractivity contribution in [2.24, 2.45) is 0 Å². The van der Waals surface area contributed by atoms with Crippen LogP contribution >= 0.6 is 0 Å². The van der Waals surface area contributed by atoms with Crippen molar-refractivity contribution < 1.29 is 4.79 Å². The molecule has 1 aromatic carbocycles. The van der Waals surface area contributed by atoms with Crippen molar-refractivity contribution in [1.82, 2.24) is 0 Å². The minimum atomic E-state index is 0.717. The van der Waals surface area contributed by atoms with Crippen molar-refractivity contribution in [3.05, 3.63) is 66.9 Å². The summed E-state index contributed by atoms with van der Waals surface area (Å²) in [7, 11) is 0. The zero-order chi connectivity index (χ0) is 14.1. The maximum atomic E-state index is 10.8. The monoisotopic (exact) mass is 255 g/mol. The molecule has 0 atom stereocenters. The summed E-state index contributed by atoms with van der Waals surface area (Å²) in [5.41, 5.74) is 2.90. The van der Waals surface area contributed by atoms with Crippen molar-refractivity contribution >= 4 is 12.0 Å². The van der Waals surface area contributed by atoms with Crippen LogP contribution < -0.4 is 4.90 Å². The third-order valence-corrected chi connectivity index (χ3v) is 2.99. The molecule has 2 nitrogen and oxygen atoms in total. The van der Waals surface area contributed by atoms with E-state index >= 15 is 0 Å². The number of hydrogen-bond acceptors (Lipinski definition) is 2. The molecule has 0 fully saturated rings. The molecule has 1 rings (SSSR count). The van der Waals surface area contributed by atoms with Gasteiger partial charge in [0.1, 0.15) is 6.29 Å². The average molecular weight is 255 g/mol. The van der Waals surface area contributed by atoms with Gasteiger partial charge in [0, 0.05) is 17.9 Å².